The Hall–Kier alpha value is -1.27. The summed E-state index contributed by atoms with van der Waals surface area (Å²) in [5, 5.41) is 2.89. The monoisotopic (exact) mass is 396 g/mol. The first kappa shape index (κ1) is 19.1. The van der Waals surface area contributed by atoms with Crippen molar-refractivity contribution >= 4 is 27.1 Å². The summed E-state index contributed by atoms with van der Waals surface area (Å²) in [7, 11) is 0. The van der Waals surface area contributed by atoms with Gasteiger partial charge in [0, 0.05) is 35.4 Å². The molecule has 4 rings (SSSR count). The molecule has 2 fully saturated rings. The van der Waals surface area contributed by atoms with Crippen molar-refractivity contribution in [2.75, 3.05) is 31.1 Å². The Balaban J connectivity index is 1.48. The smallest absolute Gasteiger partial charge is 0.357 e. The second-order valence-electron chi connectivity index (χ2n) is 7.95. The quantitative estimate of drug-likeness (QED) is 0.632. The molecule has 0 spiro atoms. The lowest BCUT2D eigenvalue weighted by Crippen LogP contribution is -2.59. The third-order valence-corrected chi connectivity index (χ3v) is 7.08. The van der Waals surface area contributed by atoms with E-state index >= 15 is 0 Å². The molecule has 2 aliphatic rings. The first-order valence-electron chi connectivity index (χ1n) is 10.0. The molecule has 0 amide bonds. The lowest BCUT2D eigenvalue weighted by molar-refractivity contribution is -0.156. The average Bonchev–Trinajstić information content (AvgIpc) is 3.15. The summed E-state index contributed by atoms with van der Waals surface area (Å²) in [6.45, 7) is 2.02. The average molecular weight is 397 g/mol. The number of hydrogen-bond acceptors (Lipinski definition) is 3. The van der Waals surface area contributed by atoms with Crippen molar-refractivity contribution in [3.8, 4) is 0 Å². The second-order valence-corrected chi connectivity index (χ2v) is 8.90. The fourth-order valence-electron chi connectivity index (χ4n) is 4.68. The zero-order valence-electron chi connectivity index (χ0n) is 15.5. The maximum Gasteiger partial charge on any atom is 0.409 e. The molecule has 1 saturated carbocycles. The van der Waals surface area contributed by atoms with E-state index < -0.39 is 12.2 Å². The van der Waals surface area contributed by atoms with Crippen molar-refractivity contribution in [2.45, 2.75) is 50.7 Å². The minimum Gasteiger partial charge on any atom is -0.357 e. The Labute approximate surface area is 163 Å². The summed E-state index contributed by atoms with van der Waals surface area (Å²) in [5.41, 5.74) is 0.725. The lowest BCUT2D eigenvalue weighted by Gasteiger charge is -2.44. The number of anilines is 1. The second kappa shape index (κ2) is 8.00. The zero-order valence-corrected chi connectivity index (χ0v) is 16.4. The van der Waals surface area contributed by atoms with Gasteiger partial charge in [-0.2, -0.15) is 13.2 Å². The number of nitrogens with zero attached hydrogens (tertiary/aromatic N) is 2. The van der Waals surface area contributed by atoms with Crippen LogP contribution in [0.25, 0.3) is 10.1 Å². The van der Waals surface area contributed by atoms with E-state index in [-0.39, 0.29) is 6.54 Å². The van der Waals surface area contributed by atoms with Crippen LogP contribution in [0.3, 0.4) is 0 Å². The van der Waals surface area contributed by atoms with Crippen molar-refractivity contribution in [3.63, 3.8) is 0 Å². The van der Waals surface area contributed by atoms with Gasteiger partial charge in [-0.25, -0.2) is 0 Å². The summed E-state index contributed by atoms with van der Waals surface area (Å²) in [6.07, 6.45) is 3.22. The molecule has 1 aromatic heterocycles. The van der Waals surface area contributed by atoms with E-state index in [9.17, 15) is 13.2 Å². The van der Waals surface area contributed by atoms with Crippen LogP contribution in [0.2, 0.25) is 0 Å². The molecular formula is C21H27F3N2S. The number of alkyl halides is 3. The fraction of sp³-hybridized carbons (Fsp3) is 0.619. The molecule has 2 nitrogen and oxygen atoms in total. The maximum atomic E-state index is 13.9. The number of halogens is 3. The predicted molar refractivity (Wildman–Crippen MR) is 107 cm³/mol. The van der Waals surface area contributed by atoms with Gasteiger partial charge < -0.3 is 4.90 Å². The third-order valence-electron chi connectivity index (χ3n) is 6.20. The van der Waals surface area contributed by atoms with E-state index in [0.29, 0.717) is 19.0 Å². The number of piperazine rings is 1. The van der Waals surface area contributed by atoms with E-state index in [0.717, 1.165) is 28.7 Å². The van der Waals surface area contributed by atoms with E-state index in [1.165, 1.54) is 32.1 Å². The van der Waals surface area contributed by atoms with Gasteiger partial charge in [-0.3, -0.25) is 4.90 Å². The highest BCUT2D eigenvalue weighted by Gasteiger charge is 2.46. The Morgan fingerprint density at radius 2 is 1.85 bits per heavy atom. The molecule has 148 valence electrons. The van der Waals surface area contributed by atoms with Crippen molar-refractivity contribution in [1.82, 2.24) is 4.90 Å². The number of benzene rings is 1. The Morgan fingerprint density at radius 3 is 2.63 bits per heavy atom. The van der Waals surface area contributed by atoms with Crippen LogP contribution < -0.4 is 4.90 Å². The largest absolute Gasteiger partial charge is 0.409 e. The van der Waals surface area contributed by atoms with E-state index in [2.05, 4.69) is 0 Å². The number of fused-ring (bicyclic) bond motifs is 1. The Kier molecular flexibility index (Phi) is 5.65. The molecule has 0 bridgehead atoms. The first-order valence-corrected chi connectivity index (χ1v) is 10.9. The van der Waals surface area contributed by atoms with Crippen molar-refractivity contribution < 1.29 is 13.2 Å². The molecule has 1 atom stereocenters. The SMILES string of the molecule is FC(F)(F)C1CN(CCC2CCCCC2)CCN1c1cccc2sccc12. The Bertz CT molecular complexity index is 751. The van der Waals surface area contributed by atoms with Gasteiger partial charge in [-0.15, -0.1) is 11.3 Å². The van der Waals surface area contributed by atoms with Gasteiger partial charge in [-0.1, -0.05) is 38.2 Å². The molecule has 2 heterocycles. The van der Waals surface area contributed by atoms with Gasteiger partial charge in [-0.05, 0) is 42.5 Å². The van der Waals surface area contributed by atoms with E-state index in [1.54, 1.807) is 16.2 Å². The summed E-state index contributed by atoms with van der Waals surface area (Å²) >= 11 is 1.58. The number of thiophene rings is 1. The molecule has 1 unspecified atom stereocenters. The van der Waals surface area contributed by atoms with Crippen LogP contribution in [0.1, 0.15) is 38.5 Å². The van der Waals surface area contributed by atoms with Gasteiger partial charge >= 0.3 is 6.18 Å². The van der Waals surface area contributed by atoms with Crippen LogP contribution in [-0.2, 0) is 0 Å². The molecule has 0 radical (unpaired) electrons. The molecule has 27 heavy (non-hydrogen) atoms. The highest BCUT2D eigenvalue weighted by Crippen LogP contribution is 2.37. The van der Waals surface area contributed by atoms with Crippen LogP contribution in [0.5, 0.6) is 0 Å². The third kappa shape index (κ3) is 4.27. The van der Waals surface area contributed by atoms with Crippen molar-refractivity contribution in [2.24, 2.45) is 5.92 Å². The molecular weight excluding hydrogens is 369 g/mol. The highest BCUT2D eigenvalue weighted by molar-refractivity contribution is 7.17. The van der Waals surface area contributed by atoms with Gasteiger partial charge in [0.25, 0.3) is 0 Å². The van der Waals surface area contributed by atoms with Crippen molar-refractivity contribution in [3.05, 3.63) is 29.6 Å². The molecule has 6 heteroatoms. The normalized spacial score (nSPS) is 23.2. The van der Waals surface area contributed by atoms with Gasteiger partial charge in [0.2, 0.25) is 0 Å². The molecule has 1 aromatic carbocycles. The van der Waals surface area contributed by atoms with Crippen LogP contribution in [0.15, 0.2) is 29.6 Å². The standard InChI is InChI=1S/C21H27F3N2S/c22-21(23,24)20-15-25(11-9-16-5-2-1-3-6-16)12-13-26(20)18-7-4-8-19-17(18)10-14-27-19/h4,7-8,10,14,16,20H,1-3,5-6,9,11-13,15H2. The number of hydrogen-bond donors (Lipinski definition) is 0. The summed E-state index contributed by atoms with van der Waals surface area (Å²) in [5.74, 6) is 0.709. The van der Waals surface area contributed by atoms with E-state index in [4.69, 9.17) is 0 Å². The molecule has 2 aromatic rings. The first-order chi connectivity index (χ1) is 13.0. The topological polar surface area (TPSA) is 6.48 Å². The van der Waals surface area contributed by atoms with Crippen molar-refractivity contribution in [1.29, 1.82) is 0 Å². The predicted octanol–water partition coefficient (Wildman–Crippen LogP) is 5.92. The van der Waals surface area contributed by atoms with Crippen LogP contribution in [0, 0.1) is 5.92 Å². The van der Waals surface area contributed by atoms with Gasteiger partial charge in [0.05, 0.1) is 0 Å². The van der Waals surface area contributed by atoms with E-state index in [1.807, 2.05) is 34.5 Å². The minimum absolute atomic E-state index is 0.0801. The molecule has 1 aliphatic carbocycles. The van der Waals surface area contributed by atoms with Crippen LogP contribution >= 0.6 is 11.3 Å². The summed E-state index contributed by atoms with van der Waals surface area (Å²) in [4.78, 5) is 3.63. The zero-order chi connectivity index (χ0) is 18.9. The van der Waals surface area contributed by atoms with Gasteiger partial charge in [0.15, 0.2) is 0 Å². The molecule has 1 aliphatic heterocycles. The highest BCUT2D eigenvalue weighted by atomic mass is 32.1. The number of rotatable bonds is 4. The maximum absolute atomic E-state index is 13.9. The molecule has 1 saturated heterocycles. The summed E-state index contributed by atoms with van der Waals surface area (Å²) < 4.78 is 42.8. The molecule has 0 N–H and O–H groups in total. The Morgan fingerprint density at radius 1 is 1.04 bits per heavy atom. The van der Waals surface area contributed by atoms with Gasteiger partial charge in [0.1, 0.15) is 6.04 Å². The fourth-order valence-corrected chi connectivity index (χ4v) is 5.49. The lowest BCUT2D eigenvalue weighted by atomic mass is 9.87. The minimum atomic E-state index is -4.22. The van der Waals surface area contributed by atoms with Crippen LogP contribution in [0.4, 0.5) is 18.9 Å². The summed E-state index contributed by atoms with van der Waals surface area (Å²) in [6, 6.07) is 6.20. The van der Waals surface area contributed by atoms with Crippen LogP contribution in [-0.4, -0.2) is 43.3 Å².